The van der Waals surface area contributed by atoms with Gasteiger partial charge in [-0.1, -0.05) is 18.5 Å². The molecular formula is C17H26ClN3O3S. The summed E-state index contributed by atoms with van der Waals surface area (Å²) in [5.74, 6) is 0.431. The number of carbonyl (C=O) groups excluding carboxylic acids is 1. The molecule has 8 heteroatoms. The zero-order valence-electron chi connectivity index (χ0n) is 15.1. The lowest BCUT2D eigenvalue weighted by Crippen LogP contribution is -2.46. The molecule has 1 aromatic carbocycles. The van der Waals surface area contributed by atoms with Crippen LogP contribution in [0.25, 0.3) is 0 Å². The lowest BCUT2D eigenvalue weighted by atomic mass is 9.99. The summed E-state index contributed by atoms with van der Waals surface area (Å²) in [6.07, 6.45) is 2.28. The first-order chi connectivity index (χ1) is 11.6. The van der Waals surface area contributed by atoms with Crippen LogP contribution < -0.4 is 5.32 Å². The van der Waals surface area contributed by atoms with Gasteiger partial charge in [0.2, 0.25) is 15.9 Å². The van der Waals surface area contributed by atoms with Crippen molar-refractivity contribution < 1.29 is 13.2 Å². The number of halogens is 1. The monoisotopic (exact) mass is 387 g/mol. The van der Waals surface area contributed by atoms with Gasteiger partial charge in [-0.2, -0.15) is 0 Å². The number of likely N-dealkylation sites (tertiary alicyclic amines) is 1. The molecule has 1 fully saturated rings. The Morgan fingerprint density at radius 1 is 1.40 bits per heavy atom. The van der Waals surface area contributed by atoms with Crippen molar-refractivity contribution in [3.63, 3.8) is 0 Å². The van der Waals surface area contributed by atoms with Crippen molar-refractivity contribution in [2.24, 2.45) is 5.92 Å². The van der Waals surface area contributed by atoms with E-state index in [4.69, 9.17) is 11.6 Å². The van der Waals surface area contributed by atoms with Crippen LogP contribution in [-0.2, 0) is 14.8 Å². The molecule has 2 unspecified atom stereocenters. The normalized spacial score (nSPS) is 20.5. The van der Waals surface area contributed by atoms with E-state index in [-0.39, 0.29) is 21.9 Å². The molecule has 2 atom stereocenters. The smallest absolute Gasteiger partial charge is 0.244 e. The number of rotatable bonds is 5. The molecule has 1 aliphatic heterocycles. The predicted octanol–water partition coefficient (Wildman–Crippen LogP) is 2.65. The van der Waals surface area contributed by atoms with Crippen LogP contribution in [0.1, 0.15) is 26.7 Å². The maximum Gasteiger partial charge on any atom is 0.244 e. The Morgan fingerprint density at radius 2 is 2.08 bits per heavy atom. The number of amides is 1. The Hall–Kier alpha value is -1.15. The molecule has 2 rings (SSSR count). The molecule has 0 aromatic heterocycles. The van der Waals surface area contributed by atoms with Gasteiger partial charge in [-0.3, -0.25) is 9.69 Å². The van der Waals surface area contributed by atoms with Gasteiger partial charge in [-0.05, 0) is 50.4 Å². The summed E-state index contributed by atoms with van der Waals surface area (Å²) in [5, 5.41) is 2.94. The molecule has 0 bridgehead atoms. The van der Waals surface area contributed by atoms with E-state index in [9.17, 15) is 13.2 Å². The highest BCUT2D eigenvalue weighted by atomic mass is 35.5. The fraction of sp³-hybridized carbons (Fsp3) is 0.588. The largest absolute Gasteiger partial charge is 0.325 e. The summed E-state index contributed by atoms with van der Waals surface area (Å²) < 4.78 is 25.8. The van der Waals surface area contributed by atoms with Crippen molar-refractivity contribution in [3.05, 3.63) is 23.2 Å². The minimum Gasteiger partial charge on any atom is -0.325 e. The van der Waals surface area contributed by atoms with Crippen LogP contribution in [-0.4, -0.2) is 56.8 Å². The second-order valence-corrected chi connectivity index (χ2v) is 9.37. The van der Waals surface area contributed by atoms with Gasteiger partial charge in [0.1, 0.15) is 4.90 Å². The van der Waals surface area contributed by atoms with Gasteiger partial charge in [0.05, 0.1) is 11.1 Å². The number of anilines is 1. The fourth-order valence-corrected chi connectivity index (χ4v) is 4.36. The maximum atomic E-state index is 12.6. The van der Waals surface area contributed by atoms with Gasteiger partial charge in [-0.25, -0.2) is 12.7 Å². The number of benzene rings is 1. The van der Waals surface area contributed by atoms with Crippen LogP contribution in [0.2, 0.25) is 5.02 Å². The Bertz CT molecular complexity index is 737. The first-order valence-electron chi connectivity index (χ1n) is 8.40. The number of carbonyl (C=O) groups is 1. The lowest BCUT2D eigenvalue weighted by molar-refractivity contribution is -0.121. The highest BCUT2D eigenvalue weighted by molar-refractivity contribution is 7.89. The summed E-state index contributed by atoms with van der Waals surface area (Å²) in [7, 11) is -0.792. The molecule has 1 saturated heterocycles. The third-order valence-electron chi connectivity index (χ3n) is 4.57. The number of nitrogens with zero attached hydrogens (tertiary/aromatic N) is 2. The van der Waals surface area contributed by atoms with E-state index in [1.54, 1.807) is 6.07 Å². The number of hydrogen-bond donors (Lipinski definition) is 1. The fourth-order valence-electron chi connectivity index (χ4n) is 2.97. The first-order valence-corrected chi connectivity index (χ1v) is 10.2. The van der Waals surface area contributed by atoms with Crippen molar-refractivity contribution >= 4 is 33.2 Å². The molecular weight excluding hydrogens is 362 g/mol. The molecule has 1 heterocycles. The van der Waals surface area contributed by atoms with Crippen molar-refractivity contribution in [2.45, 2.75) is 37.6 Å². The Balaban J connectivity index is 2.16. The summed E-state index contributed by atoms with van der Waals surface area (Å²) in [5.41, 5.74) is 0.423. The predicted molar refractivity (Wildman–Crippen MR) is 100 cm³/mol. The summed E-state index contributed by atoms with van der Waals surface area (Å²) >= 11 is 6.03. The van der Waals surface area contributed by atoms with Crippen molar-refractivity contribution in [2.75, 3.05) is 32.5 Å². The molecule has 1 N–H and O–H groups in total. The average Bonchev–Trinajstić information content (AvgIpc) is 2.55. The van der Waals surface area contributed by atoms with Crippen LogP contribution in [0.15, 0.2) is 23.1 Å². The third-order valence-corrected chi connectivity index (χ3v) is 6.87. The molecule has 140 valence electrons. The highest BCUT2D eigenvalue weighted by Crippen LogP contribution is 2.27. The van der Waals surface area contributed by atoms with E-state index in [1.807, 2.05) is 6.92 Å². The lowest BCUT2D eigenvalue weighted by Gasteiger charge is -2.34. The van der Waals surface area contributed by atoms with E-state index in [1.165, 1.54) is 32.6 Å². The molecule has 0 radical (unpaired) electrons. The van der Waals surface area contributed by atoms with Gasteiger partial charge in [0, 0.05) is 26.3 Å². The summed E-state index contributed by atoms with van der Waals surface area (Å²) in [6.45, 7) is 5.87. The first kappa shape index (κ1) is 20.2. The summed E-state index contributed by atoms with van der Waals surface area (Å²) in [4.78, 5) is 14.7. The zero-order valence-corrected chi connectivity index (χ0v) is 16.7. The molecule has 1 aliphatic rings. The third kappa shape index (κ3) is 4.73. The van der Waals surface area contributed by atoms with Crippen molar-refractivity contribution in [1.29, 1.82) is 0 Å². The summed E-state index contributed by atoms with van der Waals surface area (Å²) in [6, 6.07) is 4.23. The maximum absolute atomic E-state index is 12.6. The van der Waals surface area contributed by atoms with Gasteiger partial charge in [0.15, 0.2) is 0 Å². The standard InChI is InChI=1S/C17H26ClN3O3S/c1-12-6-5-9-21(11-12)13(2)17(22)19-14-7-8-15(18)16(10-14)25(23,24)20(3)4/h7-8,10,12-13H,5-6,9,11H2,1-4H3,(H,19,22). The molecule has 6 nitrogen and oxygen atoms in total. The van der Waals surface area contributed by atoms with E-state index in [2.05, 4.69) is 17.1 Å². The minimum atomic E-state index is -3.67. The van der Waals surface area contributed by atoms with Crippen LogP contribution in [0, 0.1) is 5.92 Å². The van der Waals surface area contributed by atoms with Crippen molar-refractivity contribution in [1.82, 2.24) is 9.21 Å². The quantitative estimate of drug-likeness (QED) is 0.843. The molecule has 0 saturated carbocycles. The number of hydrogen-bond acceptors (Lipinski definition) is 4. The Morgan fingerprint density at radius 3 is 2.68 bits per heavy atom. The number of sulfonamides is 1. The van der Waals surface area contributed by atoms with Gasteiger partial charge in [-0.15, -0.1) is 0 Å². The molecule has 0 spiro atoms. The number of piperidine rings is 1. The van der Waals surface area contributed by atoms with Gasteiger partial charge in [0.25, 0.3) is 0 Å². The second-order valence-electron chi connectivity index (χ2n) is 6.84. The van der Waals surface area contributed by atoms with Crippen LogP contribution >= 0.6 is 11.6 Å². The topological polar surface area (TPSA) is 69.7 Å². The molecule has 0 aliphatic carbocycles. The van der Waals surface area contributed by atoms with Crippen molar-refractivity contribution in [3.8, 4) is 0 Å². The van der Waals surface area contributed by atoms with E-state index < -0.39 is 10.0 Å². The van der Waals surface area contributed by atoms with E-state index >= 15 is 0 Å². The molecule has 1 aromatic rings. The van der Waals surface area contributed by atoms with E-state index in [0.29, 0.717) is 11.6 Å². The second kappa shape index (κ2) is 8.03. The van der Waals surface area contributed by atoms with Crippen LogP contribution in [0.5, 0.6) is 0 Å². The van der Waals surface area contributed by atoms with Gasteiger partial charge >= 0.3 is 0 Å². The number of nitrogens with one attached hydrogen (secondary N) is 1. The Kier molecular flexibility index (Phi) is 6.48. The van der Waals surface area contributed by atoms with E-state index in [0.717, 1.165) is 23.8 Å². The van der Waals surface area contributed by atoms with Crippen LogP contribution in [0.3, 0.4) is 0 Å². The molecule has 1 amide bonds. The average molecular weight is 388 g/mol. The van der Waals surface area contributed by atoms with Crippen LogP contribution in [0.4, 0.5) is 5.69 Å². The molecule has 25 heavy (non-hydrogen) atoms. The van der Waals surface area contributed by atoms with Gasteiger partial charge < -0.3 is 5.32 Å². The minimum absolute atomic E-state index is 0.0174. The zero-order chi connectivity index (χ0) is 18.8. The Labute approximate surface area is 155 Å². The SMILES string of the molecule is CC1CCCN(C(C)C(=O)Nc2ccc(Cl)c(S(=O)(=O)N(C)C)c2)C1. The highest BCUT2D eigenvalue weighted by Gasteiger charge is 2.26.